The molecule has 2 heterocycles. The molecule has 5 nitrogen and oxygen atoms in total. The lowest BCUT2D eigenvalue weighted by Gasteiger charge is -2.10. The molecule has 0 spiro atoms. The first-order valence-corrected chi connectivity index (χ1v) is 13.6. The second-order valence-corrected chi connectivity index (χ2v) is 10.8. The highest BCUT2D eigenvalue weighted by molar-refractivity contribution is 8.00. The molecule has 2 N–H and O–H groups in total. The Bertz CT molecular complexity index is 1550. The molecule has 174 valence electrons. The third-order valence-corrected chi connectivity index (χ3v) is 8.13. The van der Waals surface area contributed by atoms with Crippen LogP contribution in [0.2, 0.25) is 5.02 Å². The standard InChI is InChI=1S/C26H18ClN3O2S3/c27-17-10-12-18(13-11-17)35-21-9-5-4-8-20(21)28-22(31)15-34-26-29-24(32)23-19(14-33-25(23)30-26)16-6-2-1-3-7-16/h1-14H,15H2,(H,28,31)(H,29,30,32). The number of thiophene rings is 1. The van der Waals surface area contributed by atoms with Crippen molar-refractivity contribution in [2.24, 2.45) is 0 Å². The van der Waals surface area contributed by atoms with Crippen molar-refractivity contribution in [3.05, 3.63) is 99.6 Å². The Balaban J connectivity index is 1.28. The van der Waals surface area contributed by atoms with Crippen LogP contribution >= 0.6 is 46.5 Å². The number of benzene rings is 3. The van der Waals surface area contributed by atoms with Crippen molar-refractivity contribution in [2.75, 3.05) is 11.1 Å². The van der Waals surface area contributed by atoms with Gasteiger partial charge in [0.2, 0.25) is 5.91 Å². The fourth-order valence-corrected chi connectivity index (χ4v) is 6.13. The Hall–Kier alpha value is -3.04. The Morgan fingerprint density at radius 2 is 1.74 bits per heavy atom. The van der Waals surface area contributed by atoms with Crippen LogP contribution in [-0.4, -0.2) is 21.6 Å². The molecule has 0 fully saturated rings. The highest BCUT2D eigenvalue weighted by Crippen LogP contribution is 2.34. The van der Waals surface area contributed by atoms with Gasteiger partial charge in [0, 0.05) is 25.8 Å². The third kappa shape index (κ3) is 5.62. The normalized spacial score (nSPS) is 11.0. The maximum Gasteiger partial charge on any atom is 0.260 e. The fourth-order valence-electron chi connectivity index (χ4n) is 3.44. The SMILES string of the molecule is O=C(CSc1nc2scc(-c3ccccc3)c2c(=O)[nH]1)Nc1ccccc1Sc1ccc(Cl)cc1. The minimum atomic E-state index is -0.206. The van der Waals surface area contributed by atoms with E-state index in [1.54, 1.807) is 11.8 Å². The molecule has 0 bridgehead atoms. The number of aromatic nitrogens is 2. The molecular weight excluding hydrogens is 518 g/mol. The van der Waals surface area contributed by atoms with Gasteiger partial charge in [0.15, 0.2) is 5.16 Å². The largest absolute Gasteiger partial charge is 0.324 e. The van der Waals surface area contributed by atoms with E-state index in [0.717, 1.165) is 26.6 Å². The van der Waals surface area contributed by atoms with E-state index in [9.17, 15) is 9.59 Å². The van der Waals surface area contributed by atoms with Crippen molar-refractivity contribution >= 4 is 68.3 Å². The molecule has 0 aliphatic rings. The van der Waals surface area contributed by atoms with Gasteiger partial charge in [-0.15, -0.1) is 11.3 Å². The average molecular weight is 536 g/mol. The lowest BCUT2D eigenvalue weighted by molar-refractivity contribution is -0.113. The molecule has 0 aliphatic heterocycles. The minimum Gasteiger partial charge on any atom is -0.324 e. The van der Waals surface area contributed by atoms with Gasteiger partial charge in [0.1, 0.15) is 4.83 Å². The van der Waals surface area contributed by atoms with Gasteiger partial charge in [0.25, 0.3) is 5.56 Å². The minimum absolute atomic E-state index is 0.116. The predicted molar refractivity (Wildman–Crippen MR) is 147 cm³/mol. The number of nitrogens with zero attached hydrogens (tertiary/aromatic N) is 1. The van der Waals surface area contributed by atoms with Crippen molar-refractivity contribution in [3.63, 3.8) is 0 Å². The average Bonchev–Trinajstić information content (AvgIpc) is 3.31. The molecule has 3 aromatic carbocycles. The zero-order valence-electron chi connectivity index (χ0n) is 18.2. The van der Waals surface area contributed by atoms with Crippen molar-refractivity contribution < 1.29 is 4.79 Å². The van der Waals surface area contributed by atoms with E-state index in [1.807, 2.05) is 84.2 Å². The van der Waals surface area contributed by atoms with E-state index >= 15 is 0 Å². The summed E-state index contributed by atoms with van der Waals surface area (Å²) in [5.41, 5.74) is 2.35. The van der Waals surface area contributed by atoms with E-state index in [4.69, 9.17) is 11.6 Å². The molecule has 5 rings (SSSR count). The molecule has 9 heteroatoms. The summed E-state index contributed by atoms with van der Waals surface area (Å²) in [6.07, 6.45) is 0. The Kier molecular flexibility index (Phi) is 7.24. The van der Waals surface area contributed by atoms with E-state index in [2.05, 4.69) is 15.3 Å². The summed E-state index contributed by atoms with van der Waals surface area (Å²) in [7, 11) is 0. The number of anilines is 1. The highest BCUT2D eigenvalue weighted by atomic mass is 35.5. The second-order valence-electron chi connectivity index (χ2n) is 7.46. The number of nitrogens with one attached hydrogen (secondary N) is 2. The van der Waals surface area contributed by atoms with Gasteiger partial charge in [-0.1, -0.05) is 77.6 Å². The van der Waals surface area contributed by atoms with Crippen LogP contribution in [-0.2, 0) is 4.79 Å². The summed E-state index contributed by atoms with van der Waals surface area (Å²) in [6, 6.07) is 24.9. The van der Waals surface area contributed by atoms with Crippen LogP contribution in [0.5, 0.6) is 0 Å². The van der Waals surface area contributed by atoms with Crippen LogP contribution in [0.1, 0.15) is 0 Å². The number of thioether (sulfide) groups is 1. The molecule has 1 amide bonds. The van der Waals surface area contributed by atoms with E-state index in [1.165, 1.54) is 23.1 Å². The van der Waals surface area contributed by atoms with Crippen LogP contribution in [0.4, 0.5) is 5.69 Å². The predicted octanol–water partition coefficient (Wildman–Crippen LogP) is 7.19. The highest BCUT2D eigenvalue weighted by Gasteiger charge is 2.14. The molecule has 0 unspecified atom stereocenters. The van der Waals surface area contributed by atoms with Crippen LogP contribution in [0, 0.1) is 0 Å². The van der Waals surface area contributed by atoms with Gasteiger partial charge < -0.3 is 10.3 Å². The first kappa shape index (κ1) is 23.7. The number of para-hydroxylation sites is 1. The van der Waals surface area contributed by atoms with Crippen molar-refractivity contribution in [1.29, 1.82) is 0 Å². The Morgan fingerprint density at radius 1 is 1.00 bits per heavy atom. The molecule has 0 saturated carbocycles. The number of hydrogen-bond acceptors (Lipinski definition) is 6. The molecular formula is C26H18ClN3O2S3. The number of fused-ring (bicyclic) bond motifs is 1. The van der Waals surface area contributed by atoms with Crippen molar-refractivity contribution in [2.45, 2.75) is 14.9 Å². The zero-order chi connectivity index (χ0) is 24.2. The number of hydrogen-bond donors (Lipinski definition) is 2. The summed E-state index contributed by atoms with van der Waals surface area (Å²) in [4.78, 5) is 35.5. The van der Waals surface area contributed by atoms with Crippen molar-refractivity contribution in [3.8, 4) is 11.1 Å². The maximum atomic E-state index is 12.8. The molecule has 2 aromatic heterocycles. The number of aromatic amines is 1. The van der Waals surface area contributed by atoms with E-state index in [-0.39, 0.29) is 17.2 Å². The fraction of sp³-hybridized carbons (Fsp3) is 0.0385. The number of H-pyrrole nitrogens is 1. The molecule has 0 radical (unpaired) electrons. The summed E-state index contributed by atoms with van der Waals surface area (Å²) < 4.78 is 0. The van der Waals surface area contributed by atoms with Gasteiger partial charge in [-0.05, 0) is 42.0 Å². The summed E-state index contributed by atoms with van der Waals surface area (Å²) in [5.74, 6) is -0.0660. The lowest BCUT2D eigenvalue weighted by Crippen LogP contribution is -2.16. The number of carbonyl (C=O) groups is 1. The quantitative estimate of drug-likeness (QED) is 0.170. The van der Waals surface area contributed by atoms with Gasteiger partial charge in [-0.2, -0.15) is 0 Å². The summed E-state index contributed by atoms with van der Waals surface area (Å²) >= 11 is 10.1. The first-order chi connectivity index (χ1) is 17.1. The van der Waals surface area contributed by atoms with E-state index in [0.29, 0.717) is 20.4 Å². The van der Waals surface area contributed by atoms with Gasteiger partial charge >= 0.3 is 0 Å². The van der Waals surface area contributed by atoms with Crippen LogP contribution in [0.3, 0.4) is 0 Å². The maximum absolute atomic E-state index is 12.8. The summed E-state index contributed by atoms with van der Waals surface area (Å²) in [5, 5.41) is 6.58. The van der Waals surface area contributed by atoms with Gasteiger partial charge in [-0.25, -0.2) is 4.98 Å². The molecule has 35 heavy (non-hydrogen) atoms. The topological polar surface area (TPSA) is 74.8 Å². The number of carbonyl (C=O) groups excluding carboxylic acids is 1. The number of rotatable bonds is 7. The van der Waals surface area contributed by atoms with E-state index < -0.39 is 0 Å². The summed E-state index contributed by atoms with van der Waals surface area (Å²) in [6.45, 7) is 0. The molecule has 0 saturated heterocycles. The third-order valence-electron chi connectivity index (χ3n) is 5.05. The molecule has 0 atom stereocenters. The van der Waals surface area contributed by atoms with Gasteiger partial charge in [-0.3, -0.25) is 9.59 Å². The number of halogens is 1. The van der Waals surface area contributed by atoms with Crippen LogP contribution in [0.25, 0.3) is 21.3 Å². The smallest absolute Gasteiger partial charge is 0.260 e. The lowest BCUT2D eigenvalue weighted by atomic mass is 10.1. The zero-order valence-corrected chi connectivity index (χ0v) is 21.4. The Labute approximate surface area is 219 Å². The molecule has 0 aliphatic carbocycles. The van der Waals surface area contributed by atoms with Crippen molar-refractivity contribution in [1.82, 2.24) is 9.97 Å². The first-order valence-electron chi connectivity index (χ1n) is 10.6. The van der Waals surface area contributed by atoms with Crippen LogP contribution in [0.15, 0.2) is 104 Å². The number of amides is 1. The second kappa shape index (κ2) is 10.7. The van der Waals surface area contributed by atoms with Crippen LogP contribution < -0.4 is 10.9 Å². The molecule has 5 aromatic rings. The Morgan fingerprint density at radius 3 is 2.54 bits per heavy atom. The monoisotopic (exact) mass is 535 g/mol. The van der Waals surface area contributed by atoms with Gasteiger partial charge in [0.05, 0.1) is 16.8 Å².